The number of ketones is 1. The molecule has 0 aliphatic carbocycles. The van der Waals surface area contributed by atoms with E-state index in [2.05, 4.69) is 0 Å². The summed E-state index contributed by atoms with van der Waals surface area (Å²) in [5.74, 6) is 0.201. The number of nitrogens with zero attached hydrogens (tertiary/aromatic N) is 1. The van der Waals surface area contributed by atoms with Crippen molar-refractivity contribution in [3.8, 4) is 5.75 Å². The monoisotopic (exact) mass is 437 g/mol. The molecule has 6 nitrogen and oxygen atoms in total. The summed E-state index contributed by atoms with van der Waals surface area (Å²) in [6, 6.07) is 17.2. The summed E-state index contributed by atoms with van der Waals surface area (Å²) in [4.78, 5) is 27.1. The van der Waals surface area contributed by atoms with Crippen molar-refractivity contribution in [1.29, 1.82) is 0 Å². The first-order chi connectivity index (χ1) is 15.0. The number of furan rings is 1. The molecule has 1 N–H and O–H groups in total. The Kier molecular flexibility index (Phi) is 5.93. The van der Waals surface area contributed by atoms with Gasteiger partial charge in [-0.3, -0.25) is 9.59 Å². The van der Waals surface area contributed by atoms with Gasteiger partial charge >= 0.3 is 0 Å². The molecular formula is C24H20ClNO5. The number of anilines is 1. The van der Waals surface area contributed by atoms with Gasteiger partial charge in [0.15, 0.2) is 11.4 Å². The van der Waals surface area contributed by atoms with Crippen LogP contribution >= 0.6 is 11.6 Å². The zero-order valence-corrected chi connectivity index (χ0v) is 17.3. The lowest BCUT2D eigenvalue weighted by molar-refractivity contribution is -0.140. The number of allylic oxidation sites excluding steroid dienone is 1. The van der Waals surface area contributed by atoms with Crippen LogP contribution in [0.2, 0.25) is 5.02 Å². The highest BCUT2D eigenvalue weighted by atomic mass is 35.5. The van der Waals surface area contributed by atoms with Gasteiger partial charge in [-0.15, -0.1) is 0 Å². The molecule has 1 amide bonds. The Morgan fingerprint density at radius 1 is 1.13 bits per heavy atom. The third-order valence-corrected chi connectivity index (χ3v) is 5.30. The highest BCUT2D eigenvalue weighted by Crippen LogP contribution is 2.42. The molecule has 4 rings (SSSR count). The number of carbonyl (C=O) groups is 2. The average molecular weight is 438 g/mol. The molecule has 2 heterocycles. The Labute approximate surface area is 184 Å². The molecule has 1 unspecified atom stereocenters. The molecule has 0 radical (unpaired) electrons. The lowest BCUT2D eigenvalue weighted by atomic mass is 9.90. The molecule has 1 aliphatic heterocycles. The van der Waals surface area contributed by atoms with Crippen molar-refractivity contribution in [3.05, 3.63) is 89.3 Å². The van der Waals surface area contributed by atoms with Crippen molar-refractivity contribution in [1.82, 2.24) is 0 Å². The average Bonchev–Trinajstić information content (AvgIpc) is 3.36. The van der Waals surface area contributed by atoms with Crippen LogP contribution in [0, 0.1) is 0 Å². The summed E-state index contributed by atoms with van der Waals surface area (Å²) in [6.45, 7) is 0.432. The number of para-hydroxylation sites is 1. The number of ether oxygens (including phenoxy) is 1. The first kappa shape index (κ1) is 20.9. The molecule has 1 aromatic heterocycles. The number of hydrogen-bond donors (Lipinski definition) is 1. The van der Waals surface area contributed by atoms with E-state index >= 15 is 0 Å². The topological polar surface area (TPSA) is 80.0 Å². The molecule has 31 heavy (non-hydrogen) atoms. The van der Waals surface area contributed by atoms with E-state index in [4.69, 9.17) is 20.8 Å². The van der Waals surface area contributed by atoms with Gasteiger partial charge in [-0.25, -0.2) is 0 Å². The number of benzene rings is 2. The minimum Gasteiger partial charge on any atom is -0.492 e. The van der Waals surface area contributed by atoms with E-state index in [1.807, 2.05) is 0 Å². The summed E-state index contributed by atoms with van der Waals surface area (Å²) < 4.78 is 10.9. The molecule has 0 saturated carbocycles. The fraction of sp³-hybridized carbons (Fsp3) is 0.167. The van der Waals surface area contributed by atoms with Gasteiger partial charge in [0.25, 0.3) is 5.91 Å². The van der Waals surface area contributed by atoms with Crippen LogP contribution in [-0.2, 0) is 15.2 Å². The van der Waals surface area contributed by atoms with Crippen LogP contribution in [0.1, 0.15) is 17.7 Å². The third-order valence-electron chi connectivity index (χ3n) is 5.04. The fourth-order valence-corrected chi connectivity index (χ4v) is 3.68. The van der Waals surface area contributed by atoms with Crippen LogP contribution in [-0.4, -0.2) is 29.9 Å². The van der Waals surface area contributed by atoms with Crippen molar-refractivity contribution in [2.24, 2.45) is 0 Å². The molecule has 0 spiro atoms. The van der Waals surface area contributed by atoms with E-state index in [1.165, 1.54) is 23.3 Å². The van der Waals surface area contributed by atoms with Gasteiger partial charge in [0, 0.05) is 10.6 Å². The Balaban J connectivity index is 1.48. The number of hydrogen-bond acceptors (Lipinski definition) is 5. The van der Waals surface area contributed by atoms with E-state index < -0.39 is 11.5 Å². The maximum Gasteiger partial charge on any atom is 0.264 e. The summed E-state index contributed by atoms with van der Waals surface area (Å²) in [5.41, 5.74) is -0.953. The molecule has 158 valence electrons. The van der Waals surface area contributed by atoms with Crippen LogP contribution in [0.15, 0.2) is 77.4 Å². The Morgan fingerprint density at radius 2 is 1.90 bits per heavy atom. The second-order valence-electron chi connectivity index (χ2n) is 7.13. The second-order valence-corrected chi connectivity index (χ2v) is 7.56. The predicted octanol–water partition coefficient (Wildman–Crippen LogP) is 4.22. The first-order valence-corrected chi connectivity index (χ1v) is 10.1. The predicted molar refractivity (Wildman–Crippen MR) is 117 cm³/mol. The first-order valence-electron chi connectivity index (χ1n) is 9.74. The Morgan fingerprint density at radius 3 is 2.65 bits per heavy atom. The normalized spacial score (nSPS) is 17.9. The molecule has 2 aromatic carbocycles. The number of halogens is 1. The lowest BCUT2D eigenvalue weighted by Crippen LogP contribution is -2.43. The van der Waals surface area contributed by atoms with Gasteiger partial charge < -0.3 is 19.2 Å². The number of amides is 1. The van der Waals surface area contributed by atoms with E-state index in [0.717, 1.165) is 0 Å². The van der Waals surface area contributed by atoms with Crippen molar-refractivity contribution in [2.45, 2.75) is 12.0 Å². The van der Waals surface area contributed by atoms with Gasteiger partial charge in [0.1, 0.15) is 18.1 Å². The van der Waals surface area contributed by atoms with E-state index in [0.29, 0.717) is 27.8 Å². The largest absolute Gasteiger partial charge is 0.492 e. The smallest absolute Gasteiger partial charge is 0.264 e. The van der Waals surface area contributed by atoms with E-state index in [9.17, 15) is 14.7 Å². The number of carbonyl (C=O) groups excluding carboxylic acids is 2. The van der Waals surface area contributed by atoms with Gasteiger partial charge in [-0.1, -0.05) is 29.8 Å². The molecule has 1 atom stereocenters. The van der Waals surface area contributed by atoms with Crippen molar-refractivity contribution >= 4 is 35.1 Å². The van der Waals surface area contributed by atoms with Crippen molar-refractivity contribution in [2.75, 3.05) is 18.1 Å². The Bertz CT molecular complexity index is 1110. The highest BCUT2D eigenvalue weighted by molar-refractivity contribution is 6.30. The molecular weight excluding hydrogens is 418 g/mol. The van der Waals surface area contributed by atoms with Crippen molar-refractivity contribution < 1.29 is 23.8 Å². The minimum atomic E-state index is -1.93. The van der Waals surface area contributed by atoms with Gasteiger partial charge in [-0.2, -0.15) is 0 Å². The van der Waals surface area contributed by atoms with Crippen LogP contribution in [0.3, 0.4) is 0 Å². The van der Waals surface area contributed by atoms with E-state index in [1.54, 1.807) is 60.7 Å². The van der Waals surface area contributed by atoms with E-state index in [-0.39, 0.29) is 25.4 Å². The third kappa shape index (κ3) is 4.40. The number of fused-ring (bicyclic) bond motifs is 1. The molecule has 1 aliphatic rings. The van der Waals surface area contributed by atoms with Gasteiger partial charge in [0.05, 0.1) is 24.9 Å². The summed E-state index contributed by atoms with van der Waals surface area (Å²) in [7, 11) is 0. The van der Waals surface area contributed by atoms with Crippen LogP contribution < -0.4 is 9.64 Å². The second kappa shape index (κ2) is 8.79. The van der Waals surface area contributed by atoms with Crippen LogP contribution in [0.5, 0.6) is 5.75 Å². The molecule has 0 saturated heterocycles. The summed E-state index contributed by atoms with van der Waals surface area (Å²) >= 11 is 5.88. The number of rotatable bonds is 8. The highest BCUT2D eigenvalue weighted by Gasteiger charge is 2.50. The van der Waals surface area contributed by atoms with Crippen LogP contribution in [0.25, 0.3) is 6.08 Å². The van der Waals surface area contributed by atoms with Crippen molar-refractivity contribution in [3.63, 3.8) is 0 Å². The minimum absolute atomic E-state index is 0.212. The molecule has 3 aromatic rings. The quantitative estimate of drug-likeness (QED) is 0.534. The summed E-state index contributed by atoms with van der Waals surface area (Å²) in [5, 5.41) is 11.8. The zero-order valence-electron chi connectivity index (χ0n) is 16.5. The Hall–Kier alpha value is -3.35. The maximum absolute atomic E-state index is 13.1. The lowest BCUT2D eigenvalue weighted by Gasteiger charge is -2.22. The fourth-order valence-electron chi connectivity index (χ4n) is 3.56. The van der Waals surface area contributed by atoms with Gasteiger partial charge in [0.2, 0.25) is 0 Å². The SMILES string of the molecule is O=C(/C=C/c1ccco1)CC1(O)C(=O)N(CCOc2ccc(Cl)cc2)c2ccccc21. The van der Waals surface area contributed by atoms with Crippen LogP contribution in [0.4, 0.5) is 5.69 Å². The summed E-state index contributed by atoms with van der Waals surface area (Å²) in [6.07, 6.45) is 3.95. The zero-order chi connectivity index (χ0) is 21.8. The molecule has 0 fully saturated rings. The molecule has 0 bridgehead atoms. The standard InChI is InChI=1S/C24H20ClNO5/c25-17-7-10-20(11-8-17)31-15-13-26-22-6-2-1-5-21(22)24(29,23(26)28)16-18(27)9-12-19-4-3-14-30-19/h1-12,14,29H,13,15-16H2/b12-9+. The maximum atomic E-state index is 13.1. The molecule has 7 heteroatoms. The number of aliphatic hydroxyl groups is 1. The van der Waals surface area contributed by atoms with Gasteiger partial charge in [-0.05, 0) is 54.6 Å².